The molecule has 5 nitrogen and oxygen atoms in total. The molecule has 0 saturated carbocycles. The van der Waals surface area contributed by atoms with Crippen molar-refractivity contribution in [1.82, 2.24) is 4.90 Å². The largest absolute Gasteiger partial charge is 0.486 e. The van der Waals surface area contributed by atoms with Gasteiger partial charge in [0.25, 0.3) is 5.91 Å². The Morgan fingerprint density at radius 1 is 1.08 bits per heavy atom. The third-order valence-corrected chi connectivity index (χ3v) is 4.37. The summed E-state index contributed by atoms with van der Waals surface area (Å²) in [4.78, 5) is 14.7. The van der Waals surface area contributed by atoms with Crippen molar-refractivity contribution in [3.63, 3.8) is 0 Å². The molecule has 1 amide bonds. The van der Waals surface area contributed by atoms with E-state index in [0.29, 0.717) is 50.0 Å². The van der Waals surface area contributed by atoms with Crippen LogP contribution < -0.4 is 9.47 Å². The Labute approximate surface area is 144 Å². The second kappa shape index (κ2) is 6.72. The van der Waals surface area contributed by atoms with Crippen LogP contribution in [0.1, 0.15) is 22.0 Å². The number of hydrogen-bond donors (Lipinski definition) is 0. The summed E-state index contributed by atoms with van der Waals surface area (Å²) < 4.78 is 30.4. The molecule has 25 heavy (non-hydrogen) atoms. The normalized spacial score (nSPS) is 19.6. The number of fused-ring (bicyclic) bond motifs is 1. The number of nitrogens with zero attached hydrogens (tertiary/aromatic N) is 1. The first-order valence-electron chi connectivity index (χ1n) is 8.27. The summed E-state index contributed by atoms with van der Waals surface area (Å²) in [6, 6.07) is 11.6. The predicted molar refractivity (Wildman–Crippen MR) is 88.4 cm³/mol. The van der Waals surface area contributed by atoms with E-state index in [0.717, 1.165) is 5.56 Å². The molecule has 0 radical (unpaired) electrons. The van der Waals surface area contributed by atoms with Gasteiger partial charge in [0.05, 0.1) is 18.7 Å². The fourth-order valence-corrected chi connectivity index (χ4v) is 3.15. The Balaban J connectivity index is 1.56. The first kappa shape index (κ1) is 15.9. The summed E-state index contributed by atoms with van der Waals surface area (Å²) in [6.45, 7) is 2.15. The zero-order chi connectivity index (χ0) is 17.2. The first-order valence-corrected chi connectivity index (χ1v) is 8.27. The molecular weight excluding hydrogens is 325 g/mol. The lowest BCUT2D eigenvalue weighted by Crippen LogP contribution is -2.42. The molecule has 2 heterocycles. The van der Waals surface area contributed by atoms with Crippen molar-refractivity contribution >= 4 is 5.91 Å². The zero-order valence-electron chi connectivity index (χ0n) is 13.6. The summed E-state index contributed by atoms with van der Waals surface area (Å²) in [5, 5.41) is 0. The standard InChI is InChI=1S/C19H18FNO4/c20-14-4-1-3-13(11-14)17-12-21(7-8-23-17)19(22)15-5-2-6-16-18(15)25-10-9-24-16/h1-6,11,17H,7-10,12H2/t17-/m0/s1. The van der Waals surface area contributed by atoms with Gasteiger partial charge < -0.3 is 19.1 Å². The molecule has 1 fully saturated rings. The molecule has 0 aliphatic carbocycles. The summed E-state index contributed by atoms with van der Waals surface area (Å²) in [5.41, 5.74) is 1.21. The van der Waals surface area contributed by atoms with Crippen LogP contribution in [0.2, 0.25) is 0 Å². The number of carbonyl (C=O) groups excluding carboxylic acids is 1. The van der Waals surface area contributed by atoms with E-state index in [1.165, 1.54) is 12.1 Å². The maximum Gasteiger partial charge on any atom is 0.257 e. The van der Waals surface area contributed by atoms with Gasteiger partial charge in [-0.1, -0.05) is 18.2 Å². The van der Waals surface area contributed by atoms with Gasteiger partial charge in [-0.2, -0.15) is 0 Å². The minimum atomic E-state index is -0.342. The Hall–Kier alpha value is -2.60. The molecule has 2 aliphatic rings. The van der Waals surface area contributed by atoms with Gasteiger partial charge in [0.1, 0.15) is 25.1 Å². The third-order valence-electron chi connectivity index (χ3n) is 4.37. The van der Waals surface area contributed by atoms with Crippen molar-refractivity contribution < 1.29 is 23.4 Å². The van der Waals surface area contributed by atoms with Crippen LogP contribution in [-0.4, -0.2) is 43.7 Å². The molecule has 6 heteroatoms. The number of ether oxygens (including phenoxy) is 3. The van der Waals surface area contributed by atoms with Crippen LogP contribution >= 0.6 is 0 Å². The molecule has 2 aromatic carbocycles. The van der Waals surface area contributed by atoms with Gasteiger partial charge in [0.2, 0.25) is 0 Å². The summed E-state index contributed by atoms with van der Waals surface area (Å²) >= 11 is 0. The lowest BCUT2D eigenvalue weighted by molar-refractivity contribution is -0.0231. The van der Waals surface area contributed by atoms with Crippen molar-refractivity contribution in [3.05, 3.63) is 59.4 Å². The summed E-state index contributed by atoms with van der Waals surface area (Å²) in [7, 11) is 0. The Morgan fingerprint density at radius 2 is 1.92 bits per heavy atom. The molecule has 1 saturated heterocycles. The quantitative estimate of drug-likeness (QED) is 0.841. The molecule has 1 atom stereocenters. The monoisotopic (exact) mass is 343 g/mol. The van der Waals surface area contributed by atoms with Crippen LogP contribution in [0.3, 0.4) is 0 Å². The van der Waals surface area contributed by atoms with Gasteiger partial charge in [0, 0.05) is 6.54 Å². The van der Waals surface area contributed by atoms with E-state index >= 15 is 0 Å². The molecule has 0 aromatic heterocycles. The van der Waals surface area contributed by atoms with Crippen LogP contribution in [0, 0.1) is 5.82 Å². The van der Waals surface area contributed by atoms with Crippen molar-refractivity contribution in [1.29, 1.82) is 0 Å². The van der Waals surface area contributed by atoms with Gasteiger partial charge in [-0.05, 0) is 29.8 Å². The van der Waals surface area contributed by atoms with Crippen molar-refractivity contribution in [2.24, 2.45) is 0 Å². The van der Waals surface area contributed by atoms with Gasteiger partial charge in [0.15, 0.2) is 11.5 Å². The van der Waals surface area contributed by atoms with E-state index < -0.39 is 0 Å². The molecule has 0 spiro atoms. The van der Waals surface area contributed by atoms with Crippen molar-refractivity contribution in [3.8, 4) is 11.5 Å². The maximum atomic E-state index is 13.5. The average molecular weight is 343 g/mol. The molecular formula is C19H18FNO4. The van der Waals surface area contributed by atoms with Crippen molar-refractivity contribution in [2.45, 2.75) is 6.10 Å². The van der Waals surface area contributed by atoms with E-state index in [9.17, 15) is 9.18 Å². The van der Waals surface area contributed by atoms with Crippen LogP contribution in [0.5, 0.6) is 11.5 Å². The van der Waals surface area contributed by atoms with Gasteiger partial charge >= 0.3 is 0 Å². The fraction of sp³-hybridized carbons (Fsp3) is 0.316. The molecule has 2 aromatic rings. The molecule has 2 aliphatic heterocycles. The van der Waals surface area contributed by atoms with Gasteiger partial charge in [-0.25, -0.2) is 4.39 Å². The van der Waals surface area contributed by atoms with E-state index in [-0.39, 0.29) is 17.8 Å². The molecule has 0 unspecified atom stereocenters. The van der Waals surface area contributed by atoms with E-state index in [1.807, 2.05) is 6.07 Å². The lowest BCUT2D eigenvalue weighted by Gasteiger charge is -2.34. The highest BCUT2D eigenvalue weighted by atomic mass is 19.1. The topological polar surface area (TPSA) is 48.0 Å². The van der Waals surface area contributed by atoms with Crippen LogP contribution in [-0.2, 0) is 4.74 Å². The molecule has 130 valence electrons. The SMILES string of the molecule is O=C(c1cccc2c1OCCO2)N1CCO[C@H](c2cccc(F)c2)C1. The number of rotatable bonds is 2. The first-order chi connectivity index (χ1) is 12.2. The molecule has 0 N–H and O–H groups in total. The van der Waals surface area contributed by atoms with Gasteiger partial charge in [-0.15, -0.1) is 0 Å². The zero-order valence-corrected chi connectivity index (χ0v) is 13.6. The minimum absolute atomic E-state index is 0.132. The van der Waals surface area contributed by atoms with Crippen LogP contribution in [0.25, 0.3) is 0 Å². The number of amides is 1. The van der Waals surface area contributed by atoms with Crippen LogP contribution in [0.15, 0.2) is 42.5 Å². The van der Waals surface area contributed by atoms with E-state index in [2.05, 4.69) is 0 Å². The number of hydrogen-bond acceptors (Lipinski definition) is 4. The Kier molecular flexibility index (Phi) is 4.28. The highest BCUT2D eigenvalue weighted by Crippen LogP contribution is 2.35. The molecule has 4 rings (SSSR count). The second-order valence-electron chi connectivity index (χ2n) is 6.00. The maximum absolute atomic E-state index is 13.5. The highest BCUT2D eigenvalue weighted by Gasteiger charge is 2.29. The number of benzene rings is 2. The number of morpholine rings is 1. The predicted octanol–water partition coefficient (Wildman–Crippen LogP) is 2.81. The lowest BCUT2D eigenvalue weighted by atomic mass is 10.1. The fourth-order valence-electron chi connectivity index (χ4n) is 3.15. The van der Waals surface area contributed by atoms with Gasteiger partial charge in [-0.3, -0.25) is 4.79 Å². The van der Waals surface area contributed by atoms with E-state index in [4.69, 9.17) is 14.2 Å². The van der Waals surface area contributed by atoms with Crippen molar-refractivity contribution in [2.75, 3.05) is 32.9 Å². The summed E-state index contributed by atoms with van der Waals surface area (Å²) in [5.74, 6) is 0.638. The van der Waals surface area contributed by atoms with E-state index in [1.54, 1.807) is 29.2 Å². The number of para-hydroxylation sites is 1. The Morgan fingerprint density at radius 3 is 2.80 bits per heavy atom. The summed E-state index contributed by atoms with van der Waals surface area (Å²) in [6.07, 6.45) is -0.342. The Bertz CT molecular complexity index is 795. The smallest absolute Gasteiger partial charge is 0.257 e. The average Bonchev–Trinajstić information content (AvgIpc) is 2.67. The number of halogens is 1. The minimum Gasteiger partial charge on any atom is -0.486 e. The highest BCUT2D eigenvalue weighted by molar-refractivity contribution is 5.98. The third kappa shape index (κ3) is 3.17. The number of carbonyl (C=O) groups is 1. The molecule has 0 bridgehead atoms. The van der Waals surface area contributed by atoms with Crippen LogP contribution in [0.4, 0.5) is 4.39 Å². The second-order valence-corrected chi connectivity index (χ2v) is 6.00.